The number of carbonyl (C=O) groups excluding carboxylic acids is 3. The first-order valence-electron chi connectivity index (χ1n) is 15.0. The van der Waals surface area contributed by atoms with Crippen molar-refractivity contribution in [1.29, 1.82) is 0 Å². The first-order chi connectivity index (χ1) is 22.1. The molecule has 6 rings (SSSR count). The number of hydrogen-bond donors (Lipinski definition) is 2. The molecule has 4 aromatic carbocycles. The van der Waals surface area contributed by atoms with Crippen molar-refractivity contribution in [1.82, 2.24) is 25.1 Å². The van der Waals surface area contributed by atoms with Gasteiger partial charge in [-0.3, -0.25) is 14.6 Å². The summed E-state index contributed by atoms with van der Waals surface area (Å²) in [5.74, 6) is -0.207. The van der Waals surface area contributed by atoms with Gasteiger partial charge in [-0.1, -0.05) is 84.9 Å². The van der Waals surface area contributed by atoms with Crippen LogP contribution < -0.4 is 9.84 Å². The molecule has 2 aliphatic heterocycles. The van der Waals surface area contributed by atoms with Crippen molar-refractivity contribution in [3.8, 4) is 5.75 Å². The van der Waals surface area contributed by atoms with Crippen LogP contribution in [0.2, 0.25) is 0 Å². The molecule has 3 atom stereocenters. The molecule has 1 unspecified atom stereocenters. The average Bonchev–Trinajstić information content (AvgIpc) is 3.37. The van der Waals surface area contributed by atoms with Crippen LogP contribution >= 0.6 is 7.60 Å². The lowest BCUT2D eigenvalue weighted by molar-refractivity contribution is -0.157. The highest BCUT2D eigenvalue weighted by molar-refractivity contribution is 7.52. The number of benzene rings is 4. The van der Waals surface area contributed by atoms with Crippen LogP contribution in [0.25, 0.3) is 10.8 Å². The van der Waals surface area contributed by atoms with Crippen LogP contribution in [0.3, 0.4) is 0 Å². The number of amides is 4. The van der Waals surface area contributed by atoms with Gasteiger partial charge in [-0.05, 0) is 39.6 Å². The van der Waals surface area contributed by atoms with E-state index in [0.717, 1.165) is 34.1 Å². The Morgan fingerprint density at radius 2 is 1.65 bits per heavy atom. The Labute approximate surface area is 267 Å². The lowest BCUT2D eigenvalue weighted by Crippen LogP contribution is -2.65. The Balaban J connectivity index is 1.28. The zero-order valence-electron chi connectivity index (χ0n) is 25.7. The van der Waals surface area contributed by atoms with E-state index >= 15 is 0 Å². The van der Waals surface area contributed by atoms with E-state index in [1.54, 1.807) is 46.1 Å². The van der Waals surface area contributed by atoms with E-state index in [9.17, 15) is 23.8 Å². The summed E-state index contributed by atoms with van der Waals surface area (Å²) in [6, 6.07) is 29.0. The number of piperazine rings is 1. The van der Waals surface area contributed by atoms with Gasteiger partial charge in [-0.2, -0.15) is 5.01 Å². The summed E-state index contributed by atoms with van der Waals surface area (Å²) in [7, 11) is -2.10. The van der Waals surface area contributed by atoms with Crippen LogP contribution in [0.15, 0.2) is 97.1 Å². The molecule has 0 spiro atoms. The van der Waals surface area contributed by atoms with Crippen LogP contribution in [0.5, 0.6) is 5.75 Å². The second kappa shape index (κ2) is 13.0. The van der Waals surface area contributed by atoms with Crippen LogP contribution in [0, 0.1) is 0 Å². The van der Waals surface area contributed by atoms with Gasteiger partial charge < -0.3 is 24.5 Å². The maximum Gasteiger partial charge on any atom is 0.373 e. The van der Waals surface area contributed by atoms with Crippen LogP contribution in [-0.2, 0) is 33.7 Å². The van der Waals surface area contributed by atoms with Crippen molar-refractivity contribution in [2.24, 2.45) is 0 Å². The fourth-order valence-electron chi connectivity index (χ4n) is 6.20. The number of hydrazine groups is 1. The minimum atomic E-state index is -3.73. The second-order valence-corrected chi connectivity index (χ2v) is 13.5. The quantitative estimate of drug-likeness (QED) is 0.263. The molecule has 4 amide bonds. The largest absolute Gasteiger partial charge is 0.425 e. The molecule has 2 heterocycles. The normalized spacial score (nSPS) is 19.5. The van der Waals surface area contributed by atoms with Gasteiger partial charge in [0.15, 0.2) is 0 Å². The Kier molecular flexibility index (Phi) is 8.82. The summed E-state index contributed by atoms with van der Waals surface area (Å²) in [5.41, 5.74) is 2.68. The molecule has 238 valence electrons. The molecule has 2 aliphatic rings. The van der Waals surface area contributed by atoms with Crippen LogP contribution in [0.1, 0.15) is 16.7 Å². The van der Waals surface area contributed by atoms with E-state index in [1.807, 2.05) is 72.8 Å². The van der Waals surface area contributed by atoms with Crippen LogP contribution in [-0.4, -0.2) is 81.6 Å². The highest BCUT2D eigenvalue weighted by atomic mass is 31.2. The summed E-state index contributed by atoms with van der Waals surface area (Å²) >= 11 is 0. The van der Waals surface area contributed by atoms with E-state index in [1.165, 1.54) is 5.01 Å². The Morgan fingerprint density at radius 1 is 0.957 bits per heavy atom. The first-order valence-corrected chi connectivity index (χ1v) is 17.1. The maximum absolute atomic E-state index is 14.2. The summed E-state index contributed by atoms with van der Waals surface area (Å²) in [5, 5.41) is 8.18. The Morgan fingerprint density at radius 3 is 2.39 bits per heavy atom. The molecule has 0 aliphatic carbocycles. The molecule has 12 heteroatoms. The van der Waals surface area contributed by atoms with Gasteiger partial charge in [0.05, 0.1) is 13.1 Å². The molecule has 11 nitrogen and oxygen atoms in total. The number of fused-ring (bicyclic) bond motifs is 2. The summed E-state index contributed by atoms with van der Waals surface area (Å²) in [6.45, 7) is 1.94. The molecule has 4 aromatic rings. The first kappa shape index (κ1) is 31.3. The molecule has 2 saturated heterocycles. The topological polar surface area (TPSA) is 123 Å². The molecular formula is C34H36N5O6P. The summed E-state index contributed by atoms with van der Waals surface area (Å²) in [6.07, 6.45) is -0.353. The van der Waals surface area contributed by atoms with Gasteiger partial charge in [0.25, 0.3) is 0 Å². The van der Waals surface area contributed by atoms with Gasteiger partial charge >= 0.3 is 13.6 Å². The van der Waals surface area contributed by atoms with Gasteiger partial charge in [0.1, 0.15) is 18.0 Å². The number of rotatable bonds is 9. The zero-order valence-corrected chi connectivity index (χ0v) is 26.5. The molecular weight excluding hydrogens is 605 g/mol. The SMILES string of the molecule is CN(C(=O)NCc1ccccc1)N1CC(=O)N2[C@@H](Cc3ccc(OP(C)(=O)O)cc3)C(=O)N(Cc3cccc4ccccc34)C[C@@H]21. The number of urea groups is 1. The fourth-order valence-corrected chi connectivity index (χ4v) is 6.71. The van der Waals surface area contributed by atoms with Crippen molar-refractivity contribution in [3.63, 3.8) is 0 Å². The minimum Gasteiger partial charge on any atom is -0.425 e. The molecule has 0 aromatic heterocycles. The highest BCUT2D eigenvalue weighted by Gasteiger charge is 2.51. The van der Waals surface area contributed by atoms with Crippen LogP contribution in [0.4, 0.5) is 4.79 Å². The van der Waals surface area contributed by atoms with Gasteiger partial charge in [0.2, 0.25) is 11.8 Å². The Hall–Kier alpha value is -4.70. The minimum absolute atomic E-state index is 0.0547. The molecule has 0 saturated carbocycles. The lowest BCUT2D eigenvalue weighted by Gasteiger charge is -2.46. The zero-order chi connectivity index (χ0) is 32.4. The fraction of sp³-hybridized carbons (Fsp3) is 0.265. The van der Waals surface area contributed by atoms with E-state index in [-0.39, 0.29) is 43.1 Å². The molecule has 2 fully saturated rings. The van der Waals surface area contributed by atoms with Crippen molar-refractivity contribution in [2.45, 2.75) is 31.7 Å². The molecule has 0 radical (unpaired) electrons. The van der Waals surface area contributed by atoms with E-state index in [2.05, 4.69) is 5.32 Å². The Bertz CT molecular complexity index is 1790. The van der Waals surface area contributed by atoms with Crippen molar-refractivity contribution < 1.29 is 28.4 Å². The van der Waals surface area contributed by atoms with E-state index in [4.69, 9.17) is 4.52 Å². The number of nitrogens with zero attached hydrogens (tertiary/aromatic N) is 4. The van der Waals surface area contributed by atoms with Gasteiger partial charge in [-0.15, -0.1) is 0 Å². The number of hydrogen-bond acceptors (Lipinski definition) is 6. The van der Waals surface area contributed by atoms with Gasteiger partial charge in [-0.25, -0.2) is 9.36 Å². The average molecular weight is 642 g/mol. The molecule has 46 heavy (non-hydrogen) atoms. The monoisotopic (exact) mass is 641 g/mol. The van der Waals surface area contributed by atoms with Crippen molar-refractivity contribution in [2.75, 3.05) is 26.8 Å². The molecule has 2 N–H and O–H groups in total. The van der Waals surface area contributed by atoms with E-state index < -0.39 is 19.8 Å². The third-order valence-electron chi connectivity index (χ3n) is 8.40. The third-order valence-corrected chi connectivity index (χ3v) is 8.95. The summed E-state index contributed by atoms with van der Waals surface area (Å²) in [4.78, 5) is 54.0. The highest BCUT2D eigenvalue weighted by Crippen LogP contribution is 2.38. The molecule has 0 bridgehead atoms. The lowest BCUT2D eigenvalue weighted by atomic mass is 9.99. The third kappa shape index (κ3) is 6.77. The number of nitrogens with one attached hydrogen (secondary N) is 1. The second-order valence-electron chi connectivity index (χ2n) is 11.7. The predicted molar refractivity (Wildman–Crippen MR) is 173 cm³/mol. The summed E-state index contributed by atoms with van der Waals surface area (Å²) < 4.78 is 16.8. The standard InChI is InChI=1S/C34H36N5O6P/c1-36(34(42)35-20-25-9-4-3-5-10-25)38-23-32(40)39-30(19-24-15-17-28(18-16-24)45-46(2,43)44)33(41)37(22-31(38)39)21-27-13-8-12-26-11-6-7-14-29(26)27/h3-18,30-31H,19-23H2,1-2H3,(H,35,42)(H,43,44)/t30-,31+/m0/s1. The maximum atomic E-state index is 14.2. The smallest absolute Gasteiger partial charge is 0.373 e. The van der Waals surface area contributed by atoms with Crippen molar-refractivity contribution >= 4 is 36.2 Å². The van der Waals surface area contributed by atoms with Gasteiger partial charge in [0, 0.05) is 33.2 Å². The van der Waals surface area contributed by atoms with Crippen molar-refractivity contribution in [3.05, 3.63) is 114 Å². The predicted octanol–water partition coefficient (Wildman–Crippen LogP) is 4.21. The number of carbonyl (C=O) groups is 3. The van der Waals surface area contributed by atoms with E-state index in [0.29, 0.717) is 13.1 Å².